The van der Waals surface area contributed by atoms with Crippen LogP contribution in [0.1, 0.15) is 30.1 Å². The molecular weight excluding hydrogens is 327 g/mol. The Morgan fingerprint density at radius 1 is 1.44 bits per heavy atom. The topological polar surface area (TPSA) is 71.0 Å². The van der Waals surface area contributed by atoms with Gasteiger partial charge >= 0.3 is 0 Å². The lowest BCUT2D eigenvalue weighted by molar-refractivity contribution is -0.124. The highest BCUT2D eigenvalue weighted by atomic mass is 19.1. The quantitative estimate of drug-likeness (QED) is 0.813. The normalized spacial score (nSPS) is 26.9. The number of ether oxygens (including phenoxy) is 2. The van der Waals surface area contributed by atoms with Crippen molar-refractivity contribution in [1.82, 2.24) is 10.2 Å². The molecule has 2 aliphatic rings. The van der Waals surface area contributed by atoms with Crippen LogP contribution in [-0.2, 0) is 9.47 Å². The lowest BCUT2D eigenvalue weighted by Crippen LogP contribution is -2.67. The van der Waals surface area contributed by atoms with Crippen molar-refractivity contribution in [2.75, 3.05) is 39.5 Å². The summed E-state index contributed by atoms with van der Waals surface area (Å²) in [4.78, 5) is 14.7. The molecular formula is C18H25FN2O4. The van der Waals surface area contributed by atoms with Gasteiger partial charge in [-0.15, -0.1) is 0 Å². The van der Waals surface area contributed by atoms with Crippen LogP contribution >= 0.6 is 0 Å². The lowest BCUT2D eigenvalue weighted by atomic mass is 9.72. The maximum atomic E-state index is 13.9. The molecule has 25 heavy (non-hydrogen) atoms. The third-order valence-corrected chi connectivity index (χ3v) is 5.10. The summed E-state index contributed by atoms with van der Waals surface area (Å²) in [5.41, 5.74) is -0.500. The Balaban J connectivity index is 1.68. The van der Waals surface area contributed by atoms with Crippen LogP contribution in [0.5, 0.6) is 5.75 Å². The van der Waals surface area contributed by atoms with E-state index in [1.165, 1.54) is 18.2 Å². The van der Waals surface area contributed by atoms with Gasteiger partial charge in [-0.3, -0.25) is 9.69 Å². The first kappa shape index (κ1) is 18.1. The molecule has 1 heterocycles. The first-order chi connectivity index (χ1) is 12.1. The van der Waals surface area contributed by atoms with Gasteiger partial charge in [0.2, 0.25) is 0 Å². The van der Waals surface area contributed by atoms with Gasteiger partial charge in [0.25, 0.3) is 5.91 Å². The molecule has 1 aromatic carbocycles. The van der Waals surface area contributed by atoms with Crippen LogP contribution < -0.4 is 5.32 Å². The molecule has 0 atom stereocenters. The zero-order chi connectivity index (χ0) is 17.9. The van der Waals surface area contributed by atoms with Gasteiger partial charge in [0.05, 0.1) is 19.3 Å². The molecule has 0 radical (unpaired) electrons. The molecule has 1 amide bonds. The zero-order valence-corrected chi connectivity index (χ0v) is 14.5. The van der Waals surface area contributed by atoms with Crippen LogP contribution in [0.4, 0.5) is 4.39 Å². The molecule has 1 aliphatic heterocycles. The number of carbonyl (C=O) groups is 1. The second-order valence-electron chi connectivity index (χ2n) is 6.63. The molecule has 0 bridgehead atoms. The average Bonchev–Trinajstić information content (AvgIpc) is 2.57. The van der Waals surface area contributed by atoms with E-state index in [1.807, 2.05) is 6.92 Å². The van der Waals surface area contributed by atoms with Gasteiger partial charge in [0.1, 0.15) is 17.1 Å². The lowest BCUT2D eigenvalue weighted by Gasteiger charge is -2.55. The number of halogens is 1. The van der Waals surface area contributed by atoms with E-state index in [9.17, 15) is 14.3 Å². The summed E-state index contributed by atoms with van der Waals surface area (Å²) in [6.45, 7) is 5.98. The van der Waals surface area contributed by atoms with Crippen molar-refractivity contribution in [2.24, 2.45) is 0 Å². The van der Waals surface area contributed by atoms with Gasteiger partial charge in [-0.05, 0) is 31.9 Å². The Hall–Kier alpha value is -1.70. The largest absolute Gasteiger partial charge is 0.507 e. The maximum absolute atomic E-state index is 13.9. The smallest absolute Gasteiger partial charge is 0.258 e. The molecule has 1 saturated carbocycles. The Bertz CT molecular complexity index is 593. The molecule has 0 unspecified atom stereocenters. The highest BCUT2D eigenvalue weighted by Gasteiger charge is 2.49. The van der Waals surface area contributed by atoms with Crippen molar-refractivity contribution in [2.45, 2.75) is 31.4 Å². The van der Waals surface area contributed by atoms with E-state index in [0.29, 0.717) is 26.4 Å². The number of phenols is 1. The van der Waals surface area contributed by atoms with Crippen LogP contribution in [0.25, 0.3) is 0 Å². The second-order valence-corrected chi connectivity index (χ2v) is 6.63. The molecule has 6 nitrogen and oxygen atoms in total. The van der Waals surface area contributed by atoms with Crippen LogP contribution in [0.2, 0.25) is 0 Å². The Morgan fingerprint density at radius 2 is 2.16 bits per heavy atom. The van der Waals surface area contributed by atoms with Gasteiger partial charge in [-0.2, -0.15) is 0 Å². The van der Waals surface area contributed by atoms with Crippen molar-refractivity contribution in [3.05, 3.63) is 29.6 Å². The van der Waals surface area contributed by atoms with E-state index in [1.54, 1.807) is 0 Å². The Labute approximate surface area is 146 Å². The molecule has 3 rings (SSSR count). The SMILES string of the molecule is CCOC1CC(CNC(=O)c2c(O)cccc2F)(N2CCOCC2)C1. The number of aromatic hydroxyl groups is 1. The molecule has 0 aromatic heterocycles. The third kappa shape index (κ3) is 3.78. The van der Waals surface area contributed by atoms with Gasteiger partial charge < -0.3 is 19.9 Å². The summed E-state index contributed by atoms with van der Waals surface area (Å²) < 4.78 is 25.0. The minimum atomic E-state index is -0.723. The number of nitrogens with one attached hydrogen (secondary N) is 1. The molecule has 138 valence electrons. The first-order valence-corrected chi connectivity index (χ1v) is 8.76. The number of hydrogen-bond acceptors (Lipinski definition) is 5. The highest BCUT2D eigenvalue weighted by Crippen LogP contribution is 2.40. The van der Waals surface area contributed by atoms with Gasteiger partial charge in [-0.1, -0.05) is 6.07 Å². The molecule has 2 N–H and O–H groups in total. The number of amides is 1. The summed E-state index contributed by atoms with van der Waals surface area (Å²) in [6.07, 6.45) is 1.83. The monoisotopic (exact) mass is 352 g/mol. The van der Waals surface area contributed by atoms with Gasteiger partial charge in [-0.25, -0.2) is 4.39 Å². The van der Waals surface area contributed by atoms with Crippen molar-refractivity contribution >= 4 is 5.91 Å². The molecule has 7 heteroatoms. The van der Waals surface area contributed by atoms with Crippen molar-refractivity contribution < 1.29 is 23.8 Å². The van der Waals surface area contributed by atoms with E-state index in [2.05, 4.69) is 10.2 Å². The van der Waals surface area contributed by atoms with E-state index in [0.717, 1.165) is 25.9 Å². The molecule has 1 aromatic rings. The van der Waals surface area contributed by atoms with E-state index in [-0.39, 0.29) is 23.0 Å². The summed E-state index contributed by atoms with van der Waals surface area (Å²) in [6, 6.07) is 3.85. The number of nitrogens with zero attached hydrogens (tertiary/aromatic N) is 1. The van der Waals surface area contributed by atoms with Crippen LogP contribution in [0, 0.1) is 5.82 Å². The van der Waals surface area contributed by atoms with Crippen molar-refractivity contribution in [3.63, 3.8) is 0 Å². The molecule has 0 spiro atoms. The fourth-order valence-electron chi connectivity index (χ4n) is 3.76. The van der Waals surface area contributed by atoms with E-state index >= 15 is 0 Å². The standard InChI is InChI=1S/C18H25FN2O4/c1-2-25-13-10-18(11-13,21-6-8-24-9-7-21)12-20-17(23)16-14(19)4-3-5-15(16)22/h3-5,13,22H,2,6-12H2,1H3,(H,20,23). The Kier molecular flexibility index (Phi) is 5.56. The Morgan fingerprint density at radius 3 is 2.80 bits per heavy atom. The summed E-state index contributed by atoms with van der Waals surface area (Å²) in [5, 5.41) is 12.6. The minimum Gasteiger partial charge on any atom is -0.507 e. The fourth-order valence-corrected chi connectivity index (χ4v) is 3.76. The van der Waals surface area contributed by atoms with Crippen molar-refractivity contribution in [1.29, 1.82) is 0 Å². The number of hydrogen-bond donors (Lipinski definition) is 2. The van der Waals surface area contributed by atoms with E-state index in [4.69, 9.17) is 9.47 Å². The summed E-state index contributed by atoms with van der Waals surface area (Å²) >= 11 is 0. The second kappa shape index (κ2) is 7.68. The predicted molar refractivity (Wildman–Crippen MR) is 90.2 cm³/mol. The molecule has 1 saturated heterocycles. The number of morpholine rings is 1. The fraction of sp³-hybridized carbons (Fsp3) is 0.611. The van der Waals surface area contributed by atoms with Crippen molar-refractivity contribution in [3.8, 4) is 5.75 Å². The summed E-state index contributed by atoms with van der Waals surface area (Å²) in [5.74, 6) is -1.67. The van der Waals surface area contributed by atoms with Crippen LogP contribution in [-0.4, -0.2) is 67.0 Å². The maximum Gasteiger partial charge on any atom is 0.258 e. The third-order valence-electron chi connectivity index (χ3n) is 5.10. The summed E-state index contributed by atoms with van der Waals surface area (Å²) in [7, 11) is 0. The van der Waals surface area contributed by atoms with E-state index < -0.39 is 11.7 Å². The van der Waals surface area contributed by atoms with Crippen LogP contribution in [0.3, 0.4) is 0 Å². The highest BCUT2D eigenvalue weighted by molar-refractivity contribution is 5.97. The minimum absolute atomic E-state index is 0.187. The number of benzene rings is 1. The average molecular weight is 352 g/mol. The number of carbonyl (C=O) groups excluding carboxylic acids is 1. The molecule has 2 fully saturated rings. The number of rotatable bonds is 6. The van der Waals surface area contributed by atoms with Gasteiger partial charge in [0, 0.05) is 31.8 Å². The first-order valence-electron chi connectivity index (χ1n) is 8.76. The zero-order valence-electron chi connectivity index (χ0n) is 14.5. The predicted octanol–water partition coefficient (Wildman–Crippen LogP) is 1.53. The number of phenolic OH excluding ortho intramolecular Hbond substituents is 1. The molecule has 1 aliphatic carbocycles. The van der Waals surface area contributed by atoms with Crippen LogP contribution in [0.15, 0.2) is 18.2 Å². The van der Waals surface area contributed by atoms with Gasteiger partial charge in [0.15, 0.2) is 0 Å².